The highest BCUT2D eigenvalue weighted by Gasteiger charge is 2.13. The Balaban J connectivity index is 1.89. The highest BCUT2D eigenvalue weighted by molar-refractivity contribution is 6.30. The van der Waals surface area contributed by atoms with Crippen LogP contribution >= 0.6 is 11.6 Å². The molecule has 0 amide bonds. The molecule has 0 aliphatic rings. The van der Waals surface area contributed by atoms with E-state index in [1.165, 1.54) is 48.5 Å². The lowest BCUT2D eigenvalue weighted by Gasteiger charge is -2.17. The first-order valence-electron chi connectivity index (χ1n) is 9.05. The highest BCUT2D eigenvalue weighted by atomic mass is 35.5. The number of halogens is 1. The first-order valence-corrected chi connectivity index (χ1v) is 9.43. The van der Waals surface area contributed by atoms with E-state index in [0.29, 0.717) is 5.92 Å². The van der Waals surface area contributed by atoms with E-state index < -0.39 is 0 Å². The van der Waals surface area contributed by atoms with Crippen LogP contribution in [0.4, 0.5) is 0 Å². The second kappa shape index (κ2) is 10.5. The smallest absolute Gasteiger partial charge is 0.0821 e. The topological polar surface area (TPSA) is 21.1 Å². The van der Waals surface area contributed by atoms with Crippen LogP contribution in [-0.4, -0.2) is 33.7 Å². The van der Waals surface area contributed by atoms with Gasteiger partial charge in [0.05, 0.1) is 33.7 Å². The predicted molar refractivity (Wildman–Crippen MR) is 103 cm³/mol. The van der Waals surface area contributed by atoms with E-state index in [4.69, 9.17) is 11.6 Å². The van der Waals surface area contributed by atoms with Crippen molar-refractivity contribution < 1.29 is 10.2 Å². The van der Waals surface area contributed by atoms with Crippen LogP contribution in [-0.2, 0) is 6.42 Å². The maximum absolute atomic E-state index is 6.06. The zero-order valence-electron chi connectivity index (χ0n) is 15.0. The molecule has 0 aliphatic heterocycles. The van der Waals surface area contributed by atoms with Gasteiger partial charge in [-0.25, -0.2) is 0 Å². The summed E-state index contributed by atoms with van der Waals surface area (Å²) in [4.78, 5) is 1.53. The molecule has 2 aromatic rings. The molecule has 0 spiro atoms. The molecule has 0 unspecified atom stereocenters. The molecule has 2 aromatic carbocycles. The fraction of sp³-hybridized carbons (Fsp3) is 0.429. The molecule has 3 N–H and O–H groups in total. The number of hydrogen-bond acceptors (Lipinski definition) is 0. The molecule has 24 heavy (non-hydrogen) atoms. The third-order valence-corrected chi connectivity index (χ3v) is 4.72. The van der Waals surface area contributed by atoms with E-state index in [2.05, 4.69) is 61.9 Å². The fourth-order valence-electron chi connectivity index (χ4n) is 3.08. The maximum atomic E-state index is 6.06. The zero-order chi connectivity index (χ0) is 17.2. The molecule has 3 heteroatoms. The Labute approximate surface area is 151 Å². The van der Waals surface area contributed by atoms with E-state index in [9.17, 15) is 0 Å². The number of benzene rings is 2. The van der Waals surface area contributed by atoms with Crippen LogP contribution in [0.3, 0.4) is 0 Å². The Morgan fingerprint density at radius 1 is 0.958 bits per heavy atom. The van der Waals surface area contributed by atoms with E-state index in [1.807, 2.05) is 12.1 Å². The van der Waals surface area contributed by atoms with Crippen LogP contribution in [0.5, 0.6) is 0 Å². The van der Waals surface area contributed by atoms with Gasteiger partial charge in [-0.1, -0.05) is 54.1 Å². The molecular weight excluding hydrogens is 316 g/mol. The Morgan fingerprint density at radius 2 is 1.67 bits per heavy atom. The third-order valence-electron chi connectivity index (χ3n) is 4.47. The first kappa shape index (κ1) is 19.0. The summed E-state index contributed by atoms with van der Waals surface area (Å²) in [6.45, 7) is 3.66. The lowest BCUT2D eigenvalue weighted by atomic mass is 9.89. The maximum Gasteiger partial charge on any atom is 0.0821 e. The molecule has 0 bridgehead atoms. The monoisotopic (exact) mass is 346 g/mol. The van der Waals surface area contributed by atoms with Crippen molar-refractivity contribution in [2.45, 2.75) is 25.2 Å². The van der Waals surface area contributed by atoms with Gasteiger partial charge in [0.25, 0.3) is 0 Å². The summed E-state index contributed by atoms with van der Waals surface area (Å²) in [5, 5.41) is 3.28. The highest BCUT2D eigenvalue weighted by Crippen LogP contribution is 2.25. The van der Waals surface area contributed by atoms with Crippen LogP contribution < -0.4 is 10.2 Å². The van der Waals surface area contributed by atoms with Gasteiger partial charge in [-0.15, -0.1) is 0 Å². The summed E-state index contributed by atoms with van der Waals surface area (Å²) < 4.78 is 0. The number of hydrogen-bond donors (Lipinski definition) is 2. The molecule has 1 atom stereocenters. The van der Waals surface area contributed by atoms with Gasteiger partial charge in [0.1, 0.15) is 0 Å². The Bertz CT molecular complexity index is 566. The van der Waals surface area contributed by atoms with Gasteiger partial charge in [0.2, 0.25) is 0 Å². The molecule has 0 saturated heterocycles. The van der Waals surface area contributed by atoms with Crippen molar-refractivity contribution in [2.24, 2.45) is 0 Å². The summed E-state index contributed by atoms with van der Waals surface area (Å²) >= 11 is 6.06. The molecular formula is C21H31ClN2+2. The largest absolute Gasteiger partial charge is 0.346 e. The van der Waals surface area contributed by atoms with Crippen LogP contribution in [0, 0.1) is 0 Å². The van der Waals surface area contributed by atoms with E-state index >= 15 is 0 Å². The second-order valence-electron chi connectivity index (χ2n) is 6.90. The fourth-order valence-corrected chi connectivity index (χ4v) is 3.21. The summed E-state index contributed by atoms with van der Waals surface area (Å²) in [6, 6.07) is 19.2. The van der Waals surface area contributed by atoms with Gasteiger partial charge < -0.3 is 10.2 Å². The number of quaternary nitrogens is 2. The van der Waals surface area contributed by atoms with Crippen LogP contribution in [0.25, 0.3) is 0 Å². The van der Waals surface area contributed by atoms with Crippen molar-refractivity contribution in [1.29, 1.82) is 0 Å². The van der Waals surface area contributed by atoms with Gasteiger partial charge in [0.15, 0.2) is 0 Å². The van der Waals surface area contributed by atoms with E-state index in [-0.39, 0.29) is 0 Å². The van der Waals surface area contributed by atoms with E-state index in [1.54, 1.807) is 0 Å². The quantitative estimate of drug-likeness (QED) is 0.615. The van der Waals surface area contributed by atoms with Gasteiger partial charge in [-0.05, 0) is 35.6 Å². The molecule has 0 fully saturated rings. The number of nitrogens with two attached hydrogens (primary N) is 1. The molecule has 0 heterocycles. The van der Waals surface area contributed by atoms with Crippen LogP contribution in [0.15, 0.2) is 54.6 Å². The molecule has 2 nitrogen and oxygen atoms in total. The molecule has 0 radical (unpaired) electrons. The predicted octanol–water partition coefficient (Wildman–Crippen LogP) is 2.15. The average molecular weight is 347 g/mol. The summed E-state index contributed by atoms with van der Waals surface area (Å²) in [6.07, 6.45) is 3.58. The zero-order valence-corrected chi connectivity index (χ0v) is 15.7. The van der Waals surface area contributed by atoms with Crippen molar-refractivity contribution >= 4 is 11.6 Å². The van der Waals surface area contributed by atoms with Crippen molar-refractivity contribution in [3.05, 3.63) is 70.7 Å². The Kier molecular flexibility index (Phi) is 8.31. The minimum absolute atomic E-state index is 0.556. The van der Waals surface area contributed by atoms with Crippen molar-refractivity contribution in [3.63, 3.8) is 0 Å². The first-order chi connectivity index (χ1) is 11.6. The standard InChI is InChI=1S/C21H29ClN2/c1-24(2)16-6-14-23-15-13-20(17-18-7-4-3-5-8-18)19-9-11-21(22)12-10-19/h3-5,7-12,20,23H,6,13-17H2,1-2H3/p+2/t20-/m1/s1. The second-order valence-corrected chi connectivity index (χ2v) is 7.34. The molecule has 2 rings (SSSR count). The average Bonchev–Trinajstić information content (AvgIpc) is 2.58. The minimum Gasteiger partial charge on any atom is -0.346 e. The lowest BCUT2D eigenvalue weighted by molar-refractivity contribution is -0.860. The van der Waals surface area contributed by atoms with Crippen LogP contribution in [0.1, 0.15) is 29.9 Å². The SMILES string of the molecule is C[NH+](C)CCC[NH2+]CC[C@H](Cc1ccccc1)c1ccc(Cl)cc1. The minimum atomic E-state index is 0.556. The van der Waals surface area contributed by atoms with Gasteiger partial charge in [0, 0.05) is 17.9 Å². The van der Waals surface area contributed by atoms with Gasteiger partial charge >= 0.3 is 0 Å². The third kappa shape index (κ3) is 7.04. The molecule has 0 saturated carbocycles. The normalized spacial score (nSPS) is 12.5. The number of rotatable bonds is 10. The Hall–Kier alpha value is -1.35. The summed E-state index contributed by atoms with van der Waals surface area (Å²) in [7, 11) is 4.44. The van der Waals surface area contributed by atoms with E-state index in [0.717, 1.165) is 11.4 Å². The molecule has 0 aromatic heterocycles. The van der Waals surface area contributed by atoms with Crippen molar-refractivity contribution in [3.8, 4) is 0 Å². The molecule has 0 aliphatic carbocycles. The summed E-state index contributed by atoms with van der Waals surface area (Å²) in [5.41, 5.74) is 2.81. The van der Waals surface area contributed by atoms with Gasteiger partial charge in [-0.2, -0.15) is 0 Å². The van der Waals surface area contributed by atoms with Crippen molar-refractivity contribution in [1.82, 2.24) is 0 Å². The summed E-state index contributed by atoms with van der Waals surface area (Å²) in [5.74, 6) is 0.556. The van der Waals surface area contributed by atoms with Crippen molar-refractivity contribution in [2.75, 3.05) is 33.7 Å². The Morgan fingerprint density at radius 3 is 2.33 bits per heavy atom. The number of nitrogens with one attached hydrogen (secondary N) is 1. The van der Waals surface area contributed by atoms with Gasteiger partial charge in [-0.3, -0.25) is 0 Å². The van der Waals surface area contributed by atoms with Crippen LogP contribution in [0.2, 0.25) is 5.02 Å². The lowest BCUT2D eigenvalue weighted by Crippen LogP contribution is -3.06. The molecule has 130 valence electrons.